The maximum atomic E-state index is 12.3. The first-order chi connectivity index (χ1) is 14.9. The fourth-order valence-corrected chi connectivity index (χ4v) is 3.96. The third-order valence-corrected chi connectivity index (χ3v) is 5.38. The van der Waals surface area contributed by atoms with Crippen LogP contribution in [0.3, 0.4) is 0 Å². The topological polar surface area (TPSA) is 67.6 Å². The highest BCUT2D eigenvalue weighted by Gasteiger charge is 2.21. The molecule has 0 spiro atoms. The first-order valence-corrected chi connectivity index (χ1v) is 11.5. The largest absolute Gasteiger partial charge is 0.441 e. The van der Waals surface area contributed by atoms with Crippen LogP contribution < -0.4 is 5.32 Å². The molecule has 1 unspecified atom stereocenters. The molecule has 1 aliphatic heterocycles. The summed E-state index contributed by atoms with van der Waals surface area (Å²) in [7, 11) is 0. The van der Waals surface area contributed by atoms with Gasteiger partial charge in [-0.25, -0.2) is 4.98 Å². The van der Waals surface area contributed by atoms with E-state index < -0.39 is 0 Å². The van der Waals surface area contributed by atoms with Gasteiger partial charge in [0.15, 0.2) is 11.7 Å². The number of hydrogen-bond donors (Lipinski definition) is 1. The Morgan fingerprint density at radius 2 is 1.97 bits per heavy atom. The highest BCUT2D eigenvalue weighted by molar-refractivity contribution is 5.76. The summed E-state index contributed by atoms with van der Waals surface area (Å²) in [5, 5.41) is 3.00. The van der Waals surface area contributed by atoms with Gasteiger partial charge in [0.25, 0.3) is 0 Å². The smallest absolute Gasteiger partial charge is 0.220 e. The number of amides is 1. The number of nitrogens with zero attached hydrogens (tertiary/aromatic N) is 2. The molecule has 6 nitrogen and oxygen atoms in total. The number of nitrogens with one attached hydrogen (secondary N) is 1. The Morgan fingerprint density at radius 1 is 1.19 bits per heavy atom. The maximum absolute atomic E-state index is 12.3. The third-order valence-electron chi connectivity index (χ3n) is 5.38. The van der Waals surface area contributed by atoms with E-state index in [4.69, 9.17) is 9.15 Å². The van der Waals surface area contributed by atoms with Crippen molar-refractivity contribution in [1.29, 1.82) is 0 Å². The molecular weight excluding hydrogens is 390 g/mol. The second kappa shape index (κ2) is 11.4. The summed E-state index contributed by atoms with van der Waals surface area (Å²) in [6, 6.07) is 8.42. The molecule has 1 saturated heterocycles. The lowest BCUT2D eigenvalue weighted by Gasteiger charge is -2.33. The zero-order chi connectivity index (χ0) is 22.2. The van der Waals surface area contributed by atoms with Gasteiger partial charge in [-0.2, -0.15) is 0 Å². The zero-order valence-corrected chi connectivity index (χ0v) is 19.4. The van der Waals surface area contributed by atoms with Gasteiger partial charge in [-0.1, -0.05) is 52.0 Å². The van der Waals surface area contributed by atoms with Gasteiger partial charge < -0.3 is 14.5 Å². The molecule has 170 valence electrons. The number of rotatable bonds is 10. The van der Waals surface area contributed by atoms with E-state index in [1.165, 1.54) is 5.56 Å². The van der Waals surface area contributed by atoms with Gasteiger partial charge in [0.1, 0.15) is 0 Å². The highest BCUT2D eigenvalue weighted by atomic mass is 16.5. The molecule has 6 heteroatoms. The summed E-state index contributed by atoms with van der Waals surface area (Å²) in [6.45, 7) is 13.1. The quantitative estimate of drug-likeness (QED) is 0.622. The summed E-state index contributed by atoms with van der Waals surface area (Å²) in [5.74, 6) is 2.61. The minimum absolute atomic E-state index is 0.00220. The molecule has 1 aliphatic rings. The highest BCUT2D eigenvalue weighted by Crippen LogP contribution is 2.22. The molecule has 1 fully saturated rings. The molecule has 1 aromatic carbocycles. The van der Waals surface area contributed by atoms with Crippen LogP contribution in [0.5, 0.6) is 0 Å². The van der Waals surface area contributed by atoms with E-state index in [1.54, 1.807) is 6.20 Å². The number of benzene rings is 1. The third kappa shape index (κ3) is 7.78. The summed E-state index contributed by atoms with van der Waals surface area (Å²) in [4.78, 5) is 19.0. The Labute approximate surface area is 186 Å². The van der Waals surface area contributed by atoms with Crippen molar-refractivity contribution in [3.05, 3.63) is 41.9 Å². The van der Waals surface area contributed by atoms with Crippen LogP contribution in [-0.4, -0.2) is 54.7 Å². The lowest BCUT2D eigenvalue weighted by molar-refractivity contribution is -0.122. The second-order valence-electron chi connectivity index (χ2n) is 9.36. The normalized spacial score (nSPS) is 17.4. The molecule has 0 aliphatic carbocycles. The first kappa shape index (κ1) is 23.5. The van der Waals surface area contributed by atoms with E-state index in [1.807, 2.05) is 0 Å². The fraction of sp³-hybridized carbons (Fsp3) is 0.600. The van der Waals surface area contributed by atoms with E-state index in [9.17, 15) is 4.79 Å². The number of ether oxygens (including phenoxy) is 1. The Morgan fingerprint density at radius 3 is 2.68 bits per heavy atom. The van der Waals surface area contributed by atoms with Crippen LogP contribution in [0.15, 0.2) is 34.9 Å². The van der Waals surface area contributed by atoms with Crippen molar-refractivity contribution in [3.8, 4) is 11.3 Å². The molecule has 1 atom stereocenters. The van der Waals surface area contributed by atoms with Crippen molar-refractivity contribution in [2.75, 3.05) is 32.8 Å². The second-order valence-corrected chi connectivity index (χ2v) is 9.36. The molecule has 3 rings (SSSR count). The Hall–Kier alpha value is -2.18. The minimum atomic E-state index is 0.00220. The van der Waals surface area contributed by atoms with Crippen LogP contribution in [0.1, 0.15) is 45.6 Å². The molecule has 0 radical (unpaired) electrons. The molecular formula is C25H37N3O3. The van der Waals surface area contributed by atoms with Crippen LogP contribution in [0.4, 0.5) is 0 Å². The van der Waals surface area contributed by atoms with Crippen molar-refractivity contribution in [2.45, 2.75) is 53.1 Å². The van der Waals surface area contributed by atoms with E-state index in [-0.39, 0.29) is 12.0 Å². The molecule has 1 aromatic heterocycles. The van der Waals surface area contributed by atoms with Crippen LogP contribution in [0, 0.1) is 11.8 Å². The van der Waals surface area contributed by atoms with E-state index in [0.29, 0.717) is 37.1 Å². The van der Waals surface area contributed by atoms with Gasteiger partial charge in [0.2, 0.25) is 5.91 Å². The Bertz CT molecular complexity index is 814. The predicted octanol–water partition coefficient (Wildman–Crippen LogP) is 3.95. The molecule has 0 bridgehead atoms. The van der Waals surface area contributed by atoms with Gasteiger partial charge in [-0.05, 0) is 23.8 Å². The van der Waals surface area contributed by atoms with Crippen molar-refractivity contribution < 1.29 is 13.9 Å². The first-order valence-electron chi connectivity index (χ1n) is 11.5. The van der Waals surface area contributed by atoms with Gasteiger partial charge in [-0.3, -0.25) is 9.69 Å². The number of morpholine rings is 1. The number of aromatic nitrogens is 1. The van der Waals surface area contributed by atoms with Crippen LogP contribution in [0.2, 0.25) is 0 Å². The molecule has 1 N–H and O–H groups in total. The molecule has 2 heterocycles. The lowest BCUT2D eigenvalue weighted by Crippen LogP contribution is -2.48. The van der Waals surface area contributed by atoms with Crippen molar-refractivity contribution in [3.63, 3.8) is 0 Å². The minimum Gasteiger partial charge on any atom is -0.441 e. The summed E-state index contributed by atoms with van der Waals surface area (Å²) >= 11 is 0. The maximum Gasteiger partial charge on any atom is 0.220 e. The summed E-state index contributed by atoms with van der Waals surface area (Å²) in [5.41, 5.74) is 2.33. The number of aryl methyl sites for hydroxylation is 1. The predicted molar refractivity (Wildman–Crippen MR) is 123 cm³/mol. The molecule has 1 amide bonds. The Kier molecular flexibility index (Phi) is 8.67. The van der Waals surface area contributed by atoms with E-state index >= 15 is 0 Å². The van der Waals surface area contributed by atoms with Gasteiger partial charge in [0, 0.05) is 44.6 Å². The number of carbonyl (C=O) groups is 1. The van der Waals surface area contributed by atoms with Crippen LogP contribution in [-0.2, 0) is 22.4 Å². The SMILES string of the molecule is CC(C)Cc1ccc(-c2cnc(CCC(=O)NCC3CN(CC(C)C)CCO3)o2)cc1. The fourth-order valence-electron chi connectivity index (χ4n) is 3.96. The van der Waals surface area contributed by atoms with Gasteiger partial charge in [0.05, 0.1) is 18.9 Å². The number of hydrogen-bond acceptors (Lipinski definition) is 5. The average molecular weight is 428 g/mol. The van der Waals surface area contributed by atoms with E-state index in [2.05, 4.69) is 67.2 Å². The summed E-state index contributed by atoms with van der Waals surface area (Å²) < 4.78 is 11.7. The zero-order valence-electron chi connectivity index (χ0n) is 19.4. The van der Waals surface area contributed by atoms with Crippen molar-refractivity contribution >= 4 is 5.91 Å². The lowest BCUT2D eigenvalue weighted by atomic mass is 10.0. The number of carbonyl (C=O) groups excluding carboxylic acids is 1. The monoisotopic (exact) mass is 427 g/mol. The van der Waals surface area contributed by atoms with Gasteiger partial charge >= 0.3 is 0 Å². The molecule has 2 aromatic rings. The summed E-state index contributed by atoms with van der Waals surface area (Å²) in [6.07, 6.45) is 3.71. The Balaban J connectivity index is 1.41. The molecule has 31 heavy (non-hydrogen) atoms. The average Bonchev–Trinajstić information content (AvgIpc) is 3.20. The van der Waals surface area contributed by atoms with Gasteiger partial charge in [-0.15, -0.1) is 0 Å². The van der Waals surface area contributed by atoms with E-state index in [0.717, 1.165) is 44.0 Å². The van der Waals surface area contributed by atoms with Crippen LogP contribution >= 0.6 is 0 Å². The van der Waals surface area contributed by atoms with Crippen molar-refractivity contribution in [2.24, 2.45) is 11.8 Å². The number of oxazole rings is 1. The van der Waals surface area contributed by atoms with Crippen molar-refractivity contribution in [1.82, 2.24) is 15.2 Å². The van der Waals surface area contributed by atoms with Crippen LogP contribution in [0.25, 0.3) is 11.3 Å². The standard InChI is InChI=1S/C25H37N3O3/c1-18(2)13-20-5-7-21(8-6-20)23-15-27-25(31-23)10-9-24(29)26-14-22-17-28(11-12-30-22)16-19(3)4/h5-8,15,18-19,22H,9-14,16-17H2,1-4H3,(H,26,29). The molecule has 0 saturated carbocycles.